The van der Waals surface area contributed by atoms with Crippen molar-refractivity contribution in [1.29, 1.82) is 0 Å². The number of fused-ring (bicyclic) bond motifs is 1. The van der Waals surface area contributed by atoms with E-state index < -0.39 is 0 Å². The maximum atomic E-state index is 11.1. The Hall–Kier alpha value is -1.26. The molecule has 1 amide bonds. The second-order valence-electron chi connectivity index (χ2n) is 2.97. The number of rotatable bonds is 2. The van der Waals surface area contributed by atoms with Gasteiger partial charge in [-0.3, -0.25) is 9.89 Å². The summed E-state index contributed by atoms with van der Waals surface area (Å²) < 4.78 is 0. The van der Waals surface area contributed by atoms with Crippen molar-refractivity contribution in [1.82, 2.24) is 10.2 Å². The molecule has 0 saturated carbocycles. The summed E-state index contributed by atoms with van der Waals surface area (Å²) in [5.74, 6) is -0.378. The molecule has 0 fully saturated rings. The van der Waals surface area contributed by atoms with Crippen molar-refractivity contribution in [2.45, 2.75) is 0 Å². The van der Waals surface area contributed by atoms with Crippen molar-refractivity contribution in [3.05, 3.63) is 23.4 Å². The van der Waals surface area contributed by atoms with Crippen molar-refractivity contribution in [3.8, 4) is 0 Å². The summed E-state index contributed by atoms with van der Waals surface area (Å²) in [5.41, 5.74) is 1.32. The molecule has 0 aliphatic rings. The van der Waals surface area contributed by atoms with Gasteiger partial charge < -0.3 is 5.32 Å². The number of nitrogens with zero attached hydrogens (tertiary/aromatic N) is 1. The van der Waals surface area contributed by atoms with Gasteiger partial charge in [-0.25, -0.2) is 0 Å². The molecule has 0 aliphatic carbocycles. The summed E-state index contributed by atoms with van der Waals surface area (Å²) in [6.07, 6.45) is 1.64. The lowest BCUT2D eigenvalue weighted by atomic mass is 10.2. The van der Waals surface area contributed by atoms with E-state index >= 15 is 0 Å². The van der Waals surface area contributed by atoms with Crippen molar-refractivity contribution in [2.75, 3.05) is 11.2 Å². The highest BCUT2D eigenvalue weighted by molar-refractivity contribution is 6.32. The van der Waals surface area contributed by atoms with Crippen LogP contribution in [-0.4, -0.2) is 22.0 Å². The third-order valence-corrected chi connectivity index (χ3v) is 2.37. The highest BCUT2D eigenvalue weighted by Gasteiger charge is 2.07. The molecule has 4 nitrogen and oxygen atoms in total. The van der Waals surface area contributed by atoms with Gasteiger partial charge in [-0.05, 0) is 12.1 Å². The van der Waals surface area contributed by atoms with Crippen LogP contribution in [0.3, 0.4) is 0 Å². The number of aromatic nitrogens is 2. The highest BCUT2D eigenvalue weighted by Crippen LogP contribution is 2.26. The molecule has 0 aliphatic heterocycles. The lowest BCUT2D eigenvalue weighted by molar-refractivity contribution is -0.113. The zero-order valence-electron chi connectivity index (χ0n) is 7.55. The number of H-pyrrole nitrogens is 1. The van der Waals surface area contributed by atoms with Crippen LogP contribution in [0, 0.1) is 0 Å². The average Bonchev–Trinajstić information content (AvgIpc) is 2.65. The Morgan fingerprint density at radius 3 is 3.07 bits per heavy atom. The second kappa shape index (κ2) is 4.08. The number of alkyl halides is 1. The van der Waals surface area contributed by atoms with E-state index in [1.807, 2.05) is 0 Å². The number of carbonyl (C=O) groups excluding carboxylic acids is 1. The quantitative estimate of drug-likeness (QED) is 0.797. The fraction of sp³-hybridized carbons (Fsp3) is 0.111. The number of amides is 1. The van der Waals surface area contributed by atoms with Crippen molar-refractivity contribution in [2.24, 2.45) is 0 Å². The first-order valence-electron chi connectivity index (χ1n) is 4.19. The van der Waals surface area contributed by atoms with Crippen LogP contribution in [0.2, 0.25) is 5.02 Å². The van der Waals surface area contributed by atoms with Crippen LogP contribution >= 0.6 is 23.2 Å². The lowest BCUT2D eigenvalue weighted by Crippen LogP contribution is -2.12. The molecule has 0 bridgehead atoms. The highest BCUT2D eigenvalue weighted by atomic mass is 35.5. The molecular weight excluding hydrogens is 237 g/mol. The normalized spacial score (nSPS) is 10.5. The predicted molar refractivity (Wildman–Crippen MR) is 60.5 cm³/mol. The summed E-state index contributed by atoms with van der Waals surface area (Å²) in [7, 11) is 0. The number of hydrogen-bond acceptors (Lipinski definition) is 2. The van der Waals surface area contributed by atoms with E-state index in [0.29, 0.717) is 10.7 Å². The zero-order chi connectivity index (χ0) is 10.8. The first-order chi connectivity index (χ1) is 7.20. The molecule has 0 atom stereocenters. The maximum absolute atomic E-state index is 11.1. The van der Waals surface area contributed by atoms with Crippen LogP contribution in [0.5, 0.6) is 0 Å². The molecule has 2 rings (SSSR count). The molecule has 1 heterocycles. The van der Waals surface area contributed by atoms with Gasteiger partial charge in [-0.15, -0.1) is 11.6 Å². The maximum Gasteiger partial charge on any atom is 0.239 e. The zero-order valence-corrected chi connectivity index (χ0v) is 9.06. The smallest absolute Gasteiger partial charge is 0.239 e. The number of anilines is 1. The minimum Gasteiger partial charge on any atom is -0.323 e. The molecule has 15 heavy (non-hydrogen) atoms. The number of hydrogen-bond donors (Lipinski definition) is 2. The summed E-state index contributed by atoms with van der Waals surface area (Å²) >= 11 is 11.3. The van der Waals surface area contributed by atoms with Crippen LogP contribution in [0.1, 0.15) is 0 Å². The Balaban J connectivity index is 2.48. The third-order valence-electron chi connectivity index (χ3n) is 1.91. The number of benzene rings is 1. The lowest BCUT2D eigenvalue weighted by Gasteiger charge is -2.04. The minimum atomic E-state index is -0.283. The minimum absolute atomic E-state index is 0.0951. The largest absolute Gasteiger partial charge is 0.323 e. The SMILES string of the molecule is O=C(CCl)Nc1cc(Cl)cc2cn[nH]c12. The number of aromatic amines is 1. The second-order valence-corrected chi connectivity index (χ2v) is 3.67. The van der Waals surface area contributed by atoms with Crippen LogP contribution in [0.15, 0.2) is 18.3 Å². The Kier molecular flexibility index (Phi) is 2.79. The van der Waals surface area contributed by atoms with Gasteiger partial charge >= 0.3 is 0 Å². The van der Waals surface area contributed by atoms with E-state index in [4.69, 9.17) is 23.2 Å². The van der Waals surface area contributed by atoms with Gasteiger partial charge in [0.25, 0.3) is 0 Å². The monoisotopic (exact) mass is 243 g/mol. The standard InChI is InChI=1S/C9H7Cl2N3O/c10-3-8(15)13-7-2-6(11)1-5-4-12-14-9(5)7/h1-2,4H,3H2,(H,12,14)(H,13,15). The van der Waals surface area contributed by atoms with E-state index in [1.165, 1.54) is 0 Å². The van der Waals surface area contributed by atoms with Gasteiger partial charge in [0.1, 0.15) is 5.88 Å². The Morgan fingerprint density at radius 2 is 2.33 bits per heavy atom. The summed E-state index contributed by atoms with van der Waals surface area (Å²) in [4.78, 5) is 11.1. The number of halogens is 2. The van der Waals surface area contributed by atoms with Gasteiger partial charge in [-0.2, -0.15) is 5.10 Å². The molecule has 1 aromatic heterocycles. The topological polar surface area (TPSA) is 57.8 Å². The summed E-state index contributed by atoms with van der Waals surface area (Å²) in [6.45, 7) is 0. The van der Waals surface area contributed by atoms with Crippen LogP contribution in [0.4, 0.5) is 5.69 Å². The average molecular weight is 244 g/mol. The van der Waals surface area contributed by atoms with Crippen molar-refractivity contribution in [3.63, 3.8) is 0 Å². The predicted octanol–water partition coefficient (Wildman–Crippen LogP) is 2.39. The molecular formula is C9H7Cl2N3O. The molecule has 2 aromatic rings. The Bertz CT molecular complexity index is 509. The van der Waals surface area contributed by atoms with E-state index in [0.717, 1.165) is 10.9 Å². The number of carbonyl (C=O) groups is 1. The molecule has 6 heteroatoms. The van der Waals surface area contributed by atoms with Gasteiger partial charge in [-0.1, -0.05) is 11.6 Å². The van der Waals surface area contributed by atoms with Crippen LogP contribution in [-0.2, 0) is 4.79 Å². The van der Waals surface area contributed by atoms with Crippen molar-refractivity contribution < 1.29 is 4.79 Å². The fourth-order valence-electron chi connectivity index (χ4n) is 1.30. The summed E-state index contributed by atoms with van der Waals surface area (Å²) in [6, 6.07) is 3.41. The van der Waals surface area contributed by atoms with E-state index in [9.17, 15) is 4.79 Å². The molecule has 0 spiro atoms. The third kappa shape index (κ3) is 2.06. The molecule has 1 aromatic carbocycles. The first kappa shape index (κ1) is 10.3. The van der Waals surface area contributed by atoms with E-state index in [1.54, 1.807) is 18.3 Å². The van der Waals surface area contributed by atoms with Gasteiger partial charge in [0.15, 0.2) is 0 Å². The molecule has 78 valence electrons. The number of nitrogens with one attached hydrogen (secondary N) is 2. The molecule has 0 radical (unpaired) electrons. The fourth-order valence-corrected chi connectivity index (χ4v) is 1.60. The Morgan fingerprint density at radius 1 is 1.53 bits per heavy atom. The first-order valence-corrected chi connectivity index (χ1v) is 5.10. The van der Waals surface area contributed by atoms with E-state index in [2.05, 4.69) is 15.5 Å². The van der Waals surface area contributed by atoms with Gasteiger partial charge in [0.05, 0.1) is 17.4 Å². The molecule has 0 unspecified atom stereocenters. The van der Waals surface area contributed by atoms with Crippen LogP contribution in [0.25, 0.3) is 10.9 Å². The van der Waals surface area contributed by atoms with Crippen molar-refractivity contribution >= 4 is 45.7 Å². The van der Waals surface area contributed by atoms with Gasteiger partial charge in [0, 0.05) is 10.4 Å². The molecule has 0 saturated heterocycles. The molecule has 2 N–H and O–H groups in total. The van der Waals surface area contributed by atoms with E-state index in [-0.39, 0.29) is 11.8 Å². The van der Waals surface area contributed by atoms with Gasteiger partial charge in [0.2, 0.25) is 5.91 Å². The van der Waals surface area contributed by atoms with Crippen LogP contribution < -0.4 is 5.32 Å². The Labute approximate surface area is 95.6 Å². The summed E-state index contributed by atoms with van der Waals surface area (Å²) in [5, 5.41) is 10.7.